The summed E-state index contributed by atoms with van der Waals surface area (Å²) in [5.74, 6) is 5.03. The Morgan fingerprint density at radius 2 is 2.00 bits per heavy atom. The minimum Gasteiger partial charge on any atom is -0.323 e. The molecule has 0 amide bonds. The third-order valence-corrected chi connectivity index (χ3v) is 1.83. The Labute approximate surface area is 75.9 Å². The molecule has 1 aromatic heterocycles. The Kier molecular flexibility index (Phi) is 1.92. The molecule has 3 nitrogen and oxygen atoms in total. The fraction of sp³-hybridized carbons (Fsp3) is 0. The van der Waals surface area contributed by atoms with Gasteiger partial charge in [0.15, 0.2) is 0 Å². The van der Waals surface area contributed by atoms with Crippen LogP contribution in [0.5, 0.6) is 0 Å². The van der Waals surface area contributed by atoms with Crippen LogP contribution in [0.1, 0.15) is 5.69 Å². The van der Waals surface area contributed by atoms with Gasteiger partial charge in [-0.25, -0.2) is 4.98 Å². The van der Waals surface area contributed by atoms with E-state index in [0.29, 0.717) is 0 Å². The molecule has 3 heteroatoms. The molecule has 2 N–H and O–H groups in total. The summed E-state index contributed by atoms with van der Waals surface area (Å²) < 4.78 is 0. The molecule has 0 fully saturated rings. The second-order valence-corrected chi connectivity index (χ2v) is 2.71. The number of para-hydroxylation sites is 1. The van der Waals surface area contributed by atoms with Gasteiger partial charge in [0.2, 0.25) is 0 Å². The topological polar surface area (TPSA) is 51.3 Å². The van der Waals surface area contributed by atoms with Crippen LogP contribution in [0.2, 0.25) is 0 Å². The lowest BCUT2D eigenvalue weighted by atomic mass is 10.2. The molecule has 0 radical (unpaired) electrons. The SMILES string of the molecule is N/N=C\c1ccc2ccccc2n1. The summed E-state index contributed by atoms with van der Waals surface area (Å²) in [4.78, 5) is 4.34. The number of hydrogen-bond acceptors (Lipinski definition) is 3. The number of hydrogen-bond donors (Lipinski definition) is 1. The summed E-state index contributed by atoms with van der Waals surface area (Å²) in [6.45, 7) is 0. The van der Waals surface area contributed by atoms with Gasteiger partial charge in [0.1, 0.15) is 0 Å². The van der Waals surface area contributed by atoms with E-state index in [1.807, 2.05) is 36.4 Å². The van der Waals surface area contributed by atoms with Crippen molar-refractivity contribution in [1.82, 2.24) is 4.98 Å². The van der Waals surface area contributed by atoms with Crippen molar-refractivity contribution in [3.8, 4) is 0 Å². The molecule has 1 aromatic carbocycles. The number of fused-ring (bicyclic) bond motifs is 1. The van der Waals surface area contributed by atoms with Crippen LogP contribution in [-0.4, -0.2) is 11.2 Å². The number of pyridine rings is 1. The average Bonchev–Trinajstić information content (AvgIpc) is 2.18. The molecule has 2 rings (SSSR count). The van der Waals surface area contributed by atoms with Crippen molar-refractivity contribution >= 4 is 17.1 Å². The van der Waals surface area contributed by atoms with E-state index in [4.69, 9.17) is 5.84 Å². The van der Waals surface area contributed by atoms with Gasteiger partial charge in [0, 0.05) is 5.39 Å². The van der Waals surface area contributed by atoms with E-state index in [1.54, 1.807) is 0 Å². The first-order valence-electron chi connectivity index (χ1n) is 3.99. The Balaban J connectivity index is 2.62. The lowest BCUT2D eigenvalue weighted by molar-refractivity contribution is 1.25. The highest BCUT2D eigenvalue weighted by Gasteiger charge is 1.93. The molecule has 64 valence electrons. The van der Waals surface area contributed by atoms with Crippen molar-refractivity contribution in [1.29, 1.82) is 0 Å². The van der Waals surface area contributed by atoms with Crippen molar-refractivity contribution in [2.45, 2.75) is 0 Å². The van der Waals surface area contributed by atoms with Gasteiger partial charge in [-0.1, -0.05) is 24.3 Å². The van der Waals surface area contributed by atoms with E-state index in [0.717, 1.165) is 16.6 Å². The van der Waals surface area contributed by atoms with E-state index in [1.165, 1.54) is 6.21 Å². The molecule has 0 saturated carbocycles. The first-order chi connectivity index (χ1) is 6.40. The lowest BCUT2D eigenvalue weighted by Gasteiger charge is -1.96. The quantitative estimate of drug-likeness (QED) is 0.402. The summed E-state index contributed by atoms with van der Waals surface area (Å²) in [6.07, 6.45) is 1.53. The molecule has 0 bridgehead atoms. The highest BCUT2D eigenvalue weighted by Crippen LogP contribution is 2.10. The highest BCUT2D eigenvalue weighted by molar-refractivity contribution is 5.84. The molecule has 0 unspecified atom stereocenters. The van der Waals surface area contributed by atoms with E-state index in [-0.39, 0.29) is 0 Å². The van der Waals surface area contributed by atoms with E-state index >= 15 is 0 Å². The summed E-state index contributed by atoms with van der Waals surface area (Å²) in [6, 6.07) is 11.8. The number of hydrazone groups is 1. The fourth-order valence-corrected chi connectivity index (χ4v) is 1.23. The van der Waals surface area contributed by atoms with Crippen molar-refractivity contribution in [2.24, 2.45) is 10.9 Å². The Morgan fingerprint density at radius 1 is 1.15 bits per heavy atom. The van der Waals surface area contributed by atoms with E-state index in [2.05, 4.69) is 10.1 Å². The summed E-state index contributed by atoms with van der Waals surface area (Å²) in [5.41, 5.74) is 1.74. The second kappa shape index (κ2) is 3.23. The van der Waals surface area contributed by atoms with Crippen molar-refractivity contribution in [2.75, 3.05) is 0 Å². The van der Waals surface area contributed by atoms with Crippen molar-refractivity contribution < 1.29 is 0 Å². The summed E-state index contributed by atoms with van der Waals surface area (Å²) >= 11 is 0. The lowest BCUT2D eigenvalue weighted by Crippen LogP contribution is -1.90. The predicted octanol–water partition coefficient (Wildman–Crippen LogP) is 1.53. The number of nitrogens with zero attached hydrogens (tertiary/aromatic N) is 2. The Bertz CT molecular complexity index is 449. The van der Waals surface area contributed by atoms with Gasteiger partial charge in [0.05, 0.1) is 17.4 Å². The average molecular weight is 171 g/mol. The molecule has 1 heterocycles. The maximum Gasteiger partial charge on any atom is 0.0837 e. The molecule has 0 aliphatic carbocycles. The van der Waals surface area contributed by atoms with Gasteiger partial charge in [-0.2, -0.15) is 5.10 Å². The number of benzene rings is 1. The molecular weight excluding hydrogens is 162 g/mol. The smallest absolute Gasteiger partial charge is 0.0837 e. The van der Waals surface area contributed by atoms with Crippen LogP contribution >= 0.6 is 0 Å². The van der Waals surface area contributed by atoms with Crippen LogP contribution in [0.15, 0.2) is 41.5 Å². The molecule has 0 atom stereocenters. The number of rotatable bonds is 1. The minimum absolute atomic E-state index is 0.779. The Morgan fingerprint density at radius 3 is 2.85 bits per heavy atom. The number of aromatic nitrogens is 1. The molecule has 0 spiro atoms. The van der Waals surface area contributed by atoms with Gasteiger partial charge in [0.25, 0.3) is 0 Å². The van der Waals surface area contributed by atoms with Gasteiger partial charge in [-0.3, -0.25) is 0 Å². The monoisotopic (exact) mass is 171 g/mol. The second-order valence-electron chi connectivity index (χ2n) is 2.71. The molecule has 2 aromatic rings. The zero-order valence-corrected chi connectivity index (χ0v) is 7.01. The zero-order valence-electron chi connectivity index (χ0n) is 7.01. The van der Waals surface area contributed by atoms with Crippen LogP contribution in [0, 0.1) is 0 Å². The van der Waals surface area contributed by atoms with E-state index < -0.39 is 0 Å². The fourth-order valence-electron chi connectivity index (χ4n) is 1.23. The van der Waals surface area contributed by atoms with Crippen molar-refractivity contribution in [3.63, 3.8) is 0 Å². The van der Waals surface area contributed by atoms with Crippen molar-refractivity contribution in [3.05, 3.63) is 42.1 Å². The molecule has 0 saturated heterocycles. The highest BCUT2D eigenvalue weighted by atomic mass is 15.1. The van der Waals surface area contributed by atoms with E-state index in [9.17, 15) is 0 Å². The first kappa shape index (κ1) is 7.73. The van der Waals surface area contributed by atoms with Crippen LogP contribution in [0.3, 0.4) is 0 Å². The predicted molar refractivity (Wildman–Crippen MR) is 53.5 cm³/mol. The van der Waals surface area contributed by atoms with Crippen LogP contribution < -0.4 is 5.84 Å². The molecular formula is C10H9N3. The third-order valence-electron chi connectivity index (χ3n) is 1.83. The van der Waals surface area contributed by atoms with Gasteiger partial charge >= 0.3 is 0 Å². The Hall–Kier alpha value is -1.90. The largest absolute Gasteiger partial charge is 0.323 e. The first-order valence-corrected chi connectivity index (χ1v) is 3.99. The maximum atomic E-state index is 5.03. The molecule has 0 aliphatic rings. The normalized spacial score (nSPS) is 11.1. The van der Waals surface area contributed by atoms with Gasteiger partial charge in [-0.15, -0.1) is 0 Å². The van der Waals surface area contributed by atoms with Crippen LogP contribution in [-0.2, 0) is 0 Å². The number of nitrogens with two attached hydrogens (primary N) is 1. The molecule has 0 aliphatic heterocycles. The summed E-state index contributed by atoms with van der Waals surface area (Å²) in [5, 5.41) is 4.55. The van der Waals surface area contributed by atoms with Crippen LogP contribution in [0.25, 0.3) is 10.9 Å². The van der Waals surface area contributed by atoms with Gasteiger partial charge < -0.3 is 5.84 Å². The summed E-state index contributed by atoms with van der Waals surface area (Å²) in [7, 11) is 0. The minimum atomic E-state index is 0.779. The standard InChI is InChI=1S/C10H9N3/c11-12-7-9-6-5-8-3-1-2-4-10(8)13-9/h1-7H,11H2/b12-7-. The van der Waals surface area contributed by atoms with Crippen LogP contribution in [0.4, 0.5) is 0 Å². The molecule has 13 heavy (non-hydrogen) atoms. The third kappa shape index (κ3) is 1.49. The zero-order chi connectivity index (χ0) is 9.10. The maximum absolute atomic E-state index is 5.03. The van der Waals surface area contributed by atoms with Gasteiger partial charge in [-0.05, 0) is 12.1 Å².